The van der Waals surface area contributed by atoms with Gasteiger partial charge in [-0.2, -0.15) is 0 Å². The first kappa shape index (κ1) is 18.9. The van der Waals surface area contributed by atoms with Gasteiger partial charge < -0.3 is 19.9 Å². The summed E-state index contributed by atoms with van der Waals surface area (Å²) in [7, 11) is 0. The molecule has 0 bridgehead atoms. The summed E-state index contributed by atoms with van der Waals surface area (Å²) in [6.07, 6.45) is 5.48. The van der Waals surface area contributed by atoms with Gasteiger partial charge in [-0.15, -0.1) is 0 Å². The summed E-state index contributed by atoms with van der Waals surface area (Å²) >= 11 is 0. The minimum atomic E-state index is -0.648. The second kappa shape index (κ2) is 8.26. The predicted octanol–water partition coefficient (Wildman–Crippen LogP) is 2.43. The van der Waals surface area contributed by atoms with E-state index in [4.69, 9.17) is 4.74 Å². The number of amides is 1. The molecule has 2 N–H and O–H groups in total. The molecule has 1 aliphatic heterocycles. The first-order valence-electron chi connectivity index (χ1n) is 9.77. The summed E-state index contributed by atoms with van der Waals surface area (Å²) in [5.41, 5.74) is 0.463. The molecule has 1 amide bonds. The number of hydrogen-bond donors (Lipinski definition) is 2. The van der Waals surface area contributed by atoms with Crippen LogP contribution in [0.3, 0.4) is 0 Å². The Kier molecular flexibility index (Phi) is 5.57. The SMILES string of the molecule is O=C(NC1CCC(Oc2cc(F)cc(F)c2)CC1)c1cn2c(n1)CCNCC2. The summed E-state index contributed by atoms with van der Waals surface area (Å²) in [6, 6.07) is 3.26. The fourth-order valence-corrected chi connectivity index (χ4v) is 3.85. The zero-order chi connectivity index (χ0) is 19.5. The van der Waals surface area contributed by atoms with Crippen LogP contribution in [-0.2, 0) is 13.0 Å². The molecule has 1 aromatic carbocycles. The largest absolute Gasteiger partial charge is 0.490 e. The van der Waals surface area contributed by atoms with Crippen molar-refractivity contribution in [1.82, 2.24) is 20.2 Å². The van der Waals surface area contributed by atoms with Gasteiger partial charge in [-0.3, -0.25) is 4.79 Å². The van der Waals surface area contributed by atoms with Crippen molar-refractivity contribution < 1.29 is 18.3 Å². The van der Waals surface area contributed by atoms with Crippen molar-refractivity contribution in [1.29, 1.82) is 0 Å². The van der Waals surface area contributed by atoms with Gasteiger partial charge >= 0.3 is 0 Å². The maximum absolute atomic E-state index is 13.3. The number of carbonyl (C=O) groups is 1. The van der Waals surface area contributed by atoms with Gasteiger partial charge in [0.2, 0.25) is 0 Å². The van der Waals surface area contributed by atoms with Crippen molar-refractivity contribution in [2.45, 2.75) is 50.8 Å². The van der Waals surface area contributed by atoms with Crippen molar-refractivity contribution in [2.75, 3.05) is 13.1 Å². The number of rotatable bonds is 4. The van der Waals surface area contributed by atoms with Crippen molar-refractivity contribution in [3.63, 3.8) is 0 Å². The van der Waals surface area contributed by atoms with Gasteiger partial charge in [0, 0.05) is 56.5 Å². The molecule has 1 aromatic heterocycles. The summed E-state index contributed by atoms with van der Waals surface area (Å²) in [6.45, 7) is 2.57. The van der Waals surface area contributed by atoms with Crippen LogP contribution in [-0.4, -0.2) is 40.7 Å². The Balaban J connectivity index is 1.29. The van der Waals surface area contributed by atoms with E-state index in [1.165, 1.54) is 12.1 Å². The molecule has 2 aromatic rings. The Morgan fingerprint density at radius 1 is 1.14 bits per heavy atom. The summed E-state index contributed by atoms with van der Waals surface area (Å²) in [5.74, 6) is -0.297. The molecule has 0 saturated heterocycles. The van der Waals surface area contributed by atoms with Crippen LogP contribution in [0.4, 0.5) is 8.78 Å². The van der Waals surface area contributed by atoms with Crippen molar-refractivity contribution in [3.8, 4) is 5.75 Å². The van der Waals surface area contributed by atoms with E-state index < -0.39 is 11.6 Å². The number of nitrogens with zero attached hydrogens (tertiary/aromatic N) is 2. The third kappa shape index (κ3) is 4.49. The molecule has 150 valence electrons. The standard InChI is InChI=1S/C20H24F2N4O2/c21-13-9-14(22)11-17(10-13)28-16-3-1-15(2-4-16)24-20(27)18-12-26-8-7-23-6-5-19(26)25-18/h9-12,15-16,23H,1-8H2,(H,24,27). The molecule has 28 heavy (non-hydrogen) atoms. The van der Waals surface area contributed by atoms with Crippen molar-refractivity contribution in [3.05, 3.63) is 47.5 Å². The van der Waals surface area contributed by atoms with Crippen LogP contribution in [0.25, 0.3) is 0 Å². The van der Waals surface area contributed by atoms with Gasteiger partial charge in [-0.25, -0.2) is 13.8 Å². The quantitative estimate of drug-likeness (QED) is 0.842. The molecule has 1 saturated carbocycles. The molecule has 6 nitrogen and oxygen atoms in total. The molecule has 2 aliphatic rings. The lowest BCUT2D eigenvalue weighted by atomic mass is 9.93. The average molecular weight is 390 g/mol. The van der Waals surface area contributed by atoms with E-state index >= 15 is 0 Å². The molecule has 0 radical (unpaired) electrons. The van der Waals surface area contributed by atoms with Gasteiger partial charge in [-0.1, -0.05) is 0 Å². The third-order valence-electron chi connectivity index (χ3n) is 5.29. The molecule has 1 fully saturated rings. The van der Waals surface area contributed by atoms with Crippen LogP contribution in [0.5, 0.6) is 5.75 Å². The second-order valence-corrected chi connectivity index (χ2v) is 7.41. The fourth-order valence-electron chi connectivity index (χ4n) is 3.85. The van der Waals surface area contributed by atoms with Gasteiger partial charge in [0.1, 0.15) is 28.9 Å². The van der Waals surface area contributed by atoms with Crippen LogP contribution in [0, 0.1) is 11.6 Å². The number of halogens is 2. The Hall–Kier alpha value is -2.48. The number of hydrogen-bond acceptors (Lipinski definition) is 4. The molecule has 4 rings (SSSR count). The average Bonchev–Trinajstić information content (AvgIpc) is 2.93. The Morgan fingerprint density at radius 3 is 2.64 bits per heavy atom. The number of carbonyl (C=O) groups excluding carboxylic acids is 1. The van der Waals surface area contributed by atoms with Gasteiger partial charge in [0.15, 0.2) is 0 Å². The Labute approximate surface area is 162 Å². The zero-order valence-electron chi connectivity index (χ0n) is 15.6. The van der Waals surface area contributed by atoms with E-state index in [0.29, 0.717) is 18.5 Å². The van der Waals surface area contributed by atoms with Crippen LogP contribution in [0.1, 0.15) is 42.0 Å². The van der Waals surface area contributed by atoms with E-state index in [1.54, 1.807) is 0 Å². The molecule has 0 atom stereocenters. The van der Waals surface area contributed by atoms with E-state index in [2.05, 4.69) is 15.6 Å². The first-order chi connectivity index (χ1) is 13.6. The molecule has 0 spiro atoms. The highest BCUT2D eigenvalue weighted by molar-refractivity contribution is 5.92. The third-order valence-corrected chi connectivity index (χ3v) is 5.29. The van der Waals surface area contributed by atoms with Gasteiger partial charge in [0.25, 0.3) is 5.91 Å². The number of nitrogens with one attached hydrogen (secondary N) is 2. The van der Waals surface area contributed by atoms with E-state index in [9.17, 15) is 13.6 Å². The zero-order valence-corrected chi connectivity index (χ0v) is 15.6. The van der Waals surface area contributed by atoms with Crippen molar-refractivity contribution in [2.24, 2.45) is 0 Å². The summed E-state index contributed by atoms with van der Waals surface area (Å²) in [4.78, 5) is 17.0. The highest BCUT2D eigenvalue weighted by Gasteiger charge is 2.25. The lowest BCUT2D eigenvalue weighted by Gasteiger charge is -2.29. The van der Waals surface area contributed by atoms with E-state index in [1.807, 2.05) is 10.8 Å². The lowest BCUT2D eigenvalue weighted by molar-refractivity contribution is 0.0888. The molecule has 1 aliphatic carbocycles. The van der Waals surface area contributed by atoms with Crippen LogP contribution in [0.15, 0.2) is 24.4 Å². The molecule has 0 unspecified atom stereocenters. The number of imidazole rings is 1. The van der Waals surface area contributed by atoms with Crippen LogP contribution >= 0.6 is 0 Å². The Bertz CT molecular complexity index is 803. The number of fused-ring (bicyclic) bond motifs is 1. The van der Waals surface area contributed by atoms with Crippen molar-refractivity contribution >= 4 is 5.91 Å². The highest BCUT2D eigenvalue weighted by Crippen LogP contribution is 2.25. The minimum Gasteiger partial charge on any atom is -0.490 e. The smallest absolute Gasteiger partial charge is 0.271 e. The summed E-state index contributed by atoms with van der Waals surface area (Å²) < 4.78 is 34.3. The first-order valence-corrected chi connectivity index (χ1v) is 9.77. The van der Waals surface area contributed by atoms with Gasteiger partial charge in [0.05, 0.1) is 6.10 Å². The van der Waals surface area contributed by atoms with Crippen LogP contribution < -0.4 is 15.4 Å². The van der Waals surface area contributed by atoms with E-state index in [-0.39, 0.29) is 23.8 Å². The van der Waals surface area contributed by atoms with Crippen LogP contribution in [0.2, 0.25) is 0 Å². The van der Waals surface area contributed by atoms with E-state index in [0.717, 1.165) is 50.8 Å². The Morgan fingerprint density at radius 2 is 1.89 bits per heavy atom. The maximum Gasteiger partial charge on any atom is 0.271 e. The number of aromatic nitrogens is 2. The minimum absolute atomic E-state index is 0.0553. The molecular weight excluding hydrogens is 366 g/mol. The monoisotopic (exact) mass is 390 g/mol. The maximum atomic E-state index is 13.3. The molecule has 8 heteroatoms. The second-order valence-electron chi connectivity index (χ2n) is 7.41. The predicted molar refractivity (Wildman–Crippen MR) is 99.3 cm³/mol. The topological polar surface area (TPSA) is 68.2 Å². The molecular formula is C20H24F2N4O2. The lowest BCUT2D eigenvalue weighted by Crippen LogP contribution is -2.39. The number of benzene rings is 1. The highest BCUT2D eigenvalue weighted by atomic mass is 19.1. The molecule has 2 heterocycles. The normalized spacial score (nSPS) is 22.2. The summed E-state index contributed by atoms with van der Waals surface area (Å²) in [5, 5.41) is 6.36. The fraction of sp³-hybridized carbons (Fsp3) is 0.500. The number of ether oxygens (including phenoxy) is 1. The van der Waals surface area contributed by atoms with Gasteiger partial charge in [-0.05, 0) is 25.7 Å².